The molecular weight excluding hydrogens is 336 g/mol. The van der Waals surface area contributed by atoms with E-state index in [9.17, 15) is 20.4 Å². The van der Waals surface area contributed by atoms with E-state index in [-0.39, 0.29) is 19.7 Å². The summed E-state index contributed by atoms with van der Waals surface area (Å²) in [5, 5.41) is 47.8. The maximum absolute atomic E-state index is 10.0. The van der Waals surface area contributed by atoms with E-state index in [4.69, 9.17) is 11.6 Å². The number of β-amino-alcohol motifs (C(OH)–C–C–N with tert-alkyl or cyclic N) is 1. The van der Waals surface area contributed by atoms with Gasteiger partial charge in [-0.3, -0.25) is 4.90 Å². The first-order valence-corrected chi connectivity index (χ1v) is 7.93. The van der Waals surface area contributed by atoms with E-state index >= 15 is 0 Å². The highest BCUT2D eigenvalue weighted by Gasteiger charge is 2.41. The Balaban J connectivity index is 1.75. The van der Waals surface area contributed by atoms with Crippen molar-refractivity contribution in [2.75, 3.05) is 13.2 Å². The van der Waals surface area contributed by atoms with Crippen LogP contribution in [0.25, 0.3) is 5.69 Å². The monoisotopic (exact) mass is 354 g/mol. The Morgan fingerprint density at radius 3 is 2.50 bits per heavy atom. The molecule has 0 amide bonds. The van der Waals surface area contributed by atoms with Crippen molar-refractivity contribution in [2.24, 2.45) is 0 Å². The van der Waals surface area contributed by atoms with Crippen molar-refractivity contribution in [2.45, 2.75) is 30.9 Å². The van der Waals surface area contributed by atoms with Gasteiger partial charge < -0.3 is 20.4 Å². The summed E-state index contributed by atoms with van der Waals surface area (Å²) in [6.07, 6.45) is -1.87. The summed E-state index contributed by atoms with van der Waals surface area (Å²) in [6.45, 7) is 0.0627. The lowest BCUT2D eigenvalue weighted by Crippen LogP contribution is -2.62. The van der Waals surface area contributed by atoms with Crippen LogP contribution in [0.3, 0.4) is 0 Å². The molecule has 4 N–H and O–H groups in total. The van der Waals surface area contributed by atoms with E-state index < -0.39 is 24.4 Å². The summed E-state index contributed by atoms with van der Waals surface area (Å²) in [7, 11) is 0. The summed E-state index contributed by atoms with van der Waals surface area (Å²) >= 11 is 5.86. The number of nitrogens with zero attached hydrogens (tertiary/aromatic N) is 4. The number of aromatic nitrogens is 3. The van der Waals surface area contributed by atoms with Crippen LogP contribution in [0.2, 0.25) is 5.02 Å². The maximum Gasteiger partial charge on any atom is 0.109 e. The number of aliphatic hydroxyl groups excluding tert-OH is 4. The first-order chi connectivity index (χ1) is 11.5. The third-order valence-electron chi connectivity index (χ3n) is 4.21. The molecule has 2 heterocycles. The van der Waals surface area contributed by atoms with Gasteiger partial charge in [-0.2, -0.15) is 0 Å². The molecule has 4 atom stereocenters. The van der Waals surface area contributed by atoms with Crippen LogP contribution >= 0.6 is 11.6 Å². The van der Waals surface area contributed by atoms with Crippen molar-refractivity contribution >= 4 is 11.6 Å². The number of hydrogen-bond donors (Lipinski definition) is 4. The normalized spacial score (nSPS) is 28.2. The minimum Gasteiger partial charge on any atom is -0.395 e. The van der Waals surface area contributed by atoms with Crippen molar-refractivity contribution < 1.29 is 20.4 Å². The van der Waals surface area contributed by atoms with Gasteiger partial charge in [-0.15, -0.1) is 5.10 Å². The molecule has 1 aliphatic heterocycles. The Hall–Kier alpha value is -1.55. The fourth-order valence-corrected chi connectivity index (χ4v) is 2.99. The fourth-order valence-electron chi connectivity index (χ4n) is 2.86. The molecule has 24 heavy (non-hydrogen) atoms. The lowest BCUT2D eigenvalue weighted by atomic mass is 9.94. The molecule has 130 valence electrons. The second-order valence-electron chi connectivity index (χ2n) is 5.86. The zero-order valence-corrected chi connectivity index (χ0v) is 13.5. The predicted octanol–water partition coefficient (Wildman–Crippen LogP) is -0.820. The third-order valence-corrected chi connectivity index (χ3v) is 4.47. The number of hydrogen-bond acceptors (Lipinski definition) is 7. The number of piperidine rings is 1. The molecule has 3 rings (SSSR count). The Kier molecular flexibility index (Phi) is 5.14. The van der Waals surface area contributed by atoms with Crippen LogP contribution < -0.4 is 0 Å². The molecule has 0 radical (unpaired) electrons. The number of halogens is 1. The SMILES string of the molecule is OC[C@@H]1[C@@H](O)[C@H](O)[C@@H](O)CN1Cc1cn(-c2ccc(Cl)cc2)nn1. The Morgan fingerprint density at radius 1 is 1.12 bits per heavy atom. The summed E-state index contributed by atoms with van der Waals surface area (Å²) in [4.78, 5) is 1.68. The molecule has 2 aromatic rings. The van der Waals surface area contributed by atoms with E-state index in [1.807, 2.05) is 12.1 Å². The van der Waals surface area contributed by atoms with Crippen LogP contribution in [0.15, 0.2) is 30.5 Å². The van der Waals surface area contributed by atoms with Crippen LogP contribution in [0, 0.1) is 0 Å². The van der Waals surface area contributed by atoms with Crippen LogP contribution in [0.1, 0.15) is 5.69 Å². The van der Waals surface area contributed by atoms with Crippen molar-refractivity contribution in [3.63, 3.8) is 0 Å². The van der Waals surface area contributed by atoms with Crippen LogP contribution in [-0.2, 0) is 6.54 Å². The average Bonchev–Trinajstić information content (AvgIpc) is 3.02. The van der Waals surface area contributed by atoms with Gasteiger partial charge in [0.2, 0.25) is 0 Å². The highest BCUT2D eigenvalue weighted by atomic mass is 35.5. The highest BCUT2D eigenvalue weighted by molar-refractivity contribution is 6.30. The molecular formula is C15H19ClN4O4. The van der Waals surface area contributed by atoms with E-state index in [0.29, 0.717) is 10.7 Å². The largest absolute Gasteiger partial charge is 0.395 e. The molecule has 9 heteroatoms. The second kappa shape index (κ2) is 7.14. The quantitative estimate of drug-likeness (QED) is 0.567. The molecule has 1 aliphatic rings. The molecule has 0 aliphatic carbocycles. The van der Waals surface area contributed by atoms with Crippen LogP contribution in [-0.4, -0.2) is 77.8 Å². The van der Waals surface area contributed by atoms with E-state index in [0.717, 1.165) is 5.69 Å². The van der Waals surface area contributed by atoms with Gasteiger partial charge in [0, 0.05) is 18.1 Å². The third kappa shape index (κ3) is 3.44. The van der Waals surface area contributed by atoms with E-state index in [1.165, 1.54) is 0 Å². The van der Waals surface area contributed by atoms with Crippen LogP contribution in [0.4, 0.5) is 0 Å². The summed E-state index contributed by atoms with van der Waals surface area (Å²) in [6, 6.07) is 6.44. The van der Waals surface area contributed by atoms with Crippen LogP contribution in [0.5, 0.6) is 0 Å². The van der Waals surface area contributed by atoms with Gasteiger partial charge in [-0.25, -0.2) is 4.68 Å². The molecule has 8 nitrogen and oxygen atoms in total. The molecule has 1 saturated heterocycles. The first-order valence-electron chi connectivity index (χ1n) is 7.56. The van der Waals surface area contributed by atoms with Gasteiger partial charge in [-0.05, 0) is 24.3 Å². The second-order valence-corrected chi connectivity index (χ2v) is 6.30. The van der Waals surface area contributed by atoms with Crippen molar-refractivity contribution in [1.29, 1.82) is 0 Å². The molecule has 1 fully saturated rings. The van der Waals surface area contributed by atoms with Gasteiger partial charge in [0.1, 0.15) is 12.2 Å². The van der Waals surface area contributed by atoms with Crippen molar-refractivity contribution in [3.05, 3.63) is 41.2 Å². The molecule has 1 aromatic carbocycles. The smallest absolute Gasteiger partial charge is 0.109 e. The van der Waals surface area contributed by atoms with Crippen molar-refractivity contribution in [3.8, 4) is 5.69 Å². The lowest BCUT2D eigenvalue weighted by molar-refractivity contribution is -0.147. The van der Waals surface area contributed by atoms with Crippen molar-refractivity contribution in [1.82, 2.24) is 19.9 Å². The van der Waals surface area contributed by atoms with Gasteiger partial charge >= 0.3 is 0 Å². The summed E-state index contributed by atoms with van der Waals surface area (Å²) in [5.41, 5.74) is 1.41. The number of benzene rings is 1. The first kappa shape index (κ1) is 17.3. The van der Waals surface area contributed by atoms with Gasteiger partial charge in [0.25, 0.3) is 0 Å². The highest BCUT2D eigenvalue weighted by Crippen LogP contribution is 2.21. The zero-order chi connectivity index (χ0) is 17.3. The summed E-state index contributed by atoms with van der Waals surface area (Å²) in [5.74, 6) is 0. The topological polar surface area (TPSA) is 115 Å². The average molecular weight is 355 g/mol. The number of likely N-dealkylation sites (tertiary alicyclic amines) is 1. The van der Waals surface area contributed by atoms with E-state index in [2.05, 4.69) is 10.3 Å². The van der Waals surface area contributed by atoms with Gasteiger partial charge in [0.05, 0.1) is 36.3 Å². The fraction of sp³-hybridized carbons (Fsp3) is 0.467. The Morgan fingerprint density at radius 2 is 1.83 bits per heavy atom. The number of aliphatic hydroxyl groups is 4. The minimum atomic E-state index is -1.27. The minimum absolute atomic E-state index is 0.122. The molecule has 0 spiro atoms. The Bertz CT molecular complexity index is 680. The molecule has 0 bridgehead atoms. The molecule has 0 unspecified atom stereocenters. The maximum atomic E-state index is 10.0. The van der Waals surface area contributed by atoms with Gasteiger partial charge in [0.15, 0.2) is 0 Å². The number of rotatable bonds is 4. The predicted molar refractivity (Wildman–Crippen MR) is 85.7 cm³/mol. The zero-order valence-electron chi connectivity index (χ0n) is 12.8. The van der Waals surface area contributed by atoms with E-state index in [1.54, 1.807) is 27.9 Å². The summed E-state index contributed by atoms with van der Waals surface area (Å²) < 4.78 is 1.59. The Labute approximate surface area is 143 Å². The standard InChI is InChI=1S/C15H19ClN4O4/c16-9-1-3-11(4-2-9)20-6-10(17-18-20)5-19-7-13(22)15(24)14(23)12(19)8-21/h1-4,6,12-15,21-24H,5,7-8H2/t12-,13+,14-,15-/m1/s1. The molecule has 0 saturated carbocycles. The van der Waals surface area contributed by atoms with Gasteiger partial charge in [-0.1, -0.05) is 16.8 Å². The lowest BCUT2D eigenvalue weighted by Gasteiger charge is -2.42. The molecule has 1 aromatic heterocycles.